The molecule has 0 N–H and O–H groups in total. The van der Waals surface area contributed by atoms with Crippen molar-refractivity contribution in [2.75, 3.05) is 31.1 Å². The van der Waals surface area contributed by atoms with Gasteiger partial charge in [0.2, 0.25) is 10.0 Å². The first-order valence-corrected chi connectivity index (χ1v) is 13.3. The van der Waals surface area contributed by atoms with Crippen molar-refractivity contribution in [2.24, 2.45) is 5.92 Å². The van der Waals surface area contributed by atoms with Crippen LogP contribution in [0.15, 0.2) is 69.1 Å². The second-order valence-corrected chi connectivity index (χ2v) is 11.3. The maximum atomic E-state index is 13.5. The number of piperazine rings is 1. The molecule has 0 aliphatic carbocycles. The SMILES string of the molecule is Cc1ccccc1S(=O)(=O)N1CCN(c2c(C)n(-c3ccccc3)c(=O)n(CC(C)C)c2=O)CC1. The third-order valence-electron chi connectivity index (χ3n) is 6.38. The Morgan fingerprint density at radius 1 is 0.857 bits per heavy atom. The molecule has 8 nitrogen and oxygen atoms in total. The van der Waals surface area contributed by atoms with E-state index in [9.17, 15) is 18.0 Å². The quantitative estimate of drug-likeness (QED) is 0.524. The Morgan fingerprint density at radius 3 is 2.06 bits per heavy atom. The number of hydrogen-bond donors (Lipinski definition) is 0. The molecule has 0 radical (unpaired) electrons. The molecule has 0 amide bonds. The Kier molecular flexibility index (Phi) is 7.00. The van der Waals surface area contributed by atoms with E-state index in [1.807, 2.05) is 55.1 Å². The lowest BCUT2D eigenvalue weighted by atomic mass is 10.2. The van der Waals surface area contributed by atoms with Gasteiger partial charge in [-0.25, -0.2) is 13.2 Å². The van der Waals surface area contributed by atoms with E-state index in [4.69, 9.17) is 0 Å². The van der Waals surface area contributed by atoms with Gasteiger partial charge in [0.1, 0.15) is 5.69 Å². The average molecular weight is 497 g/mol. The first kappa shape index (κ1) is 24.9. The second kappa shape index (κ2) is 9.83. The van der Waals surface area contributed by atoms with E-state index in [-0.39, 0.29) is 30.3 Å². The number of anilines is 1. The zero-order valence-electron chi connectivity index (χ0n) is 20.6. The van der Waals surface area contributed by atoms with Gasteiger partial charge >= 0.3 is 5.69 Å². The molecule has 2 aromatic carbocycles. The maximum Gasteiger partial charge on any atom is 0.335 e. The molecule has 0 atom stereocenters. The standard InChI is InChI=1S/C26H32N4O4S/c1-19(2)18-29-25(31)24(21(4)30(26(29)32)22-11-6-5-7-12-22)27-14-16-28(17-15-27)35(33,34)23-13-9-8-10-20(23)3/h5-13,19H,14-18H2,1-4H3. The van der Waals surface area contributed by atoms with E-state index in [0.717, 1.165) is 0 Å². The highest BCUT2D eigenvalue weighted by molar-refractivity contribution is 7.89. The minimum absolute atomic E-state index is 0.108. The van der Waals surface area contributed by atoms with Crippen LogP contribution in [-0.4, -0.2) is 48.0 Å². The largest absolute Gasteiger partial charge is 0.363 e. The third kappa shape index (κ3) is 4.70. The van der Waals surface area contributed by atoms with Gasteiger partial charge in [0.15, 0.2) is 0 Å². The zero-order valence-corrected chi connectivity index (χ0v) is 21.5. The molecule has 1 aliphatic rings. The Hall–Kier alpha value is -3.17. The van der Waals surface area contributed by atoms with E-state index in [2.05, 4.69) is 0 Å². The normalized spacial score (nSPS) is 15.1. The van der Waals surface area contributed by atoms with Gasteiger partial charge in [-0.15, -0.1) is 0 Å². The molecule has 1 saturated heterocycles. The number of rotatable bonds is 6. The molecule has 9 heteroatoms. The molecule has 4 rings (SSSR count). The highest BCUT2D eigenvalue weighted by Gasteiger charge is 2.32. The van der Waals surface area contributed by atoms with Crippen LogP contribution in [0.2, 0.25) is 0 Å². The lowest BCUT2D eigenvalue weighted by Gasteiger charge is -2.36. The van der Waals surface area contributed by atoms with Crippen molar-refractivity contribution in [1.82, 2.24) is 13.4 Å². The van der Waals surface area contributed by atoms with Gasteiger partial charge in [0.25, 0.3) is 5.56 Å². The summed E-state index contributed by atoms with van der Waals surface area (Å²) < 4.78 is 30.8. The van der Waals surface area contributed by atoms with Crippen LogP contribution in [0.3, 0.4) is 0 Å². The van der Waals surface area contributed by atoms with Gasteiger partial charge in [-0.2, -0.15) is 4.31 Å². The smallest absolute Gasteiger partial charge is 0.335 e. The summed E-state index contributed by atoms with van der Waals surface area (Å²) in [6.45, 7) is 9.03. The zero-order chi connectivity index (χ0) is 25.3. The van der Waals surface area contributed by atoms with Crippen LogP contribution in [0.1, 0.15) is 25.1 Å². The fourth-order valence-electron chi connectivity index (χ4n) is 4.65. The monoisotopic (exact) mass is 496 g/mol. The molecule has 0 spiro atoms. The summed E-state index contributed by atoms with van der Waals surface area (Å²) in [5, 5.41) is 0. The summed E-state index contributed by atoms with van der Waals surface area (Å²) >= 11 is 0. The Bertz CT molecular complexity index is 1430. The topological polar surface area (TPSA) is 84.6 Å². The first-order valence-electron chi connectivity index (χ1n) is 11.9. The van der Waals surface area contributed by atoms with E-state index in [1.165, 1.54) is 8.87 Å². The molecule has 1 aromatic heterocycles. The summed E-state index contributed by atoms with van der Waals surface area (Å²) in [4.78, 5) is 29.1. The van der Waals surface area contributed by atoms with Gasteiger partial charge in [0, 0.05) is 32.7 Å². The number of benzene rings is 2. The van der Waals surface area contributed by atoms with Crippen molar-refractivity contribution in [3.63, 3.8) is 0 Å². The number of nitrogens with zero attached hydrogens (tertiary/aromatic N) is 4. The summed E-state index contributed by atoms with van der Waals surface area (Å²) in [6.07, 6.45) is 0. The van der Waals surface area contributed by atoms with Crippen LogP contribution in [0, 0.1) is 19.8 Å². The van der Waals surface area contributed by atoms with Crippen molar-refractivity contribution in [1.29, 1.82) is 0 Å². The molecule has 35 heavy (non-hydrogen) atoms. The lowest BCUT2D eigenvalue weighted by molar-refractivity contribution is 0.382. The van der Waals surface area contributed by atoms with Crippen LogP contribution >= 0.6 is 0 Å². The number of aromatic nitrogens is 2. The summed E-state index contributed by atoms with van der Waals surface area (Å²) in [6, 6.07) is 16.2. The van der Waals surface area contributed by atoms with Gasteiger partial charge in [-0.1, -0.05) is 50.2 Å². The van der Waals surface area contributed by atoms with Crippen molar-refractivity contribution in [3.05, 3.63) is 86.7 Å². The maximum absolute atomic E-state index is 13.5. The summed E-state index contributed by atoms with van der Waals surface area (Å²) in [7, 11) is -3.63. The third-order valence-corrected chi connectivity index (χ3v) is 8.44. The minimum atomic E-state index is -3.63. The predicted molar refractivity (Wildman–Crippen MR) is 138 cm³/mol. The van der Waals surface area contributed by atoms with Crippen LogP contribution in [0.4, 0.5) is 5.69 Å². The highest BCUT2D eigenvalue weighted by atomic mass is 32.2. The molecule has 2 heterocycles. The molecular weight excluding hydrogens is 464 g/mol. The van der Waals surface area contributed by atoms with E-state index in [1.54, 1.807) is 36.6 Å². The summed E-state index contributed by atoms with van der Waals surface area (Å²) in [5.74, 6) is 0.108. The fraction of sp³-hybridized carbons (Fsp3) is 0.385. The lowest BCUT2D eigenvalue weighted by Crippen LogP contribution is -2.52. The first-order chi connectivity index (χ1) is 16.6. The van der Waals surface area contributed by atoms with Gasteiger partial charge in [-0.3, -0.25) is 13.9 Å². The molecule has 0 saturated carbocycles. The van der Waals surface area contributed by atoms with Crippen LogP contribution in [-0.2, 0) is 16.6 Å². The molecule has 0 bridgehead atoms. The predicted octanol–water partition coefficient (Wildman–Crippen LogP) is 2.78. The number of para-hydroxylation sites is 1. The average Bonchev–Trinajstić information content (AvgIpc) is 2.83. The molecular formula is C26H32N4O4S. The molecule has 1 fully saturated rings. The highest BCUT2D eigenvalue weighted by Crippen LogP contribution is 2.24. The Labute approximate surface area is 206 Å². The van der Waals surface area contributed by atoms with Crippen LogP contribution < -0.4 is 16.1 Å². The number of sulfonamides is 1. The van der Waals surface area contributed by atoms with E-state index >= 15 is 0 Å². The summed E-state index contributed by atoms with van der Waals surface area (Å²) in [5.41, 5.74) is 1.70. The second-order valence-electron chi connectivity index (χ2n) is 9.35. The van der Waals surface area contributed by atoms with Crippen molar-refractivity contribution in [3.8, 4) is 5.69 Å². The number of hydrogen-bond acceptors (Lipinski definition) is 5. The van der Waals surface area contributed by atoms with Crippen LogP contribution in [0.5, 0.6) is 0 Å². The van der Waals surface area contributed by atoms with Gasteiger partial charge in [-0.05, 0) is 43.5 Å². The number of aryl methyl sites for hydroxylation is 1. The van der Waals surface area contributed by atoms with Crippen molar-refractivity contribution >= 4 is 15.7 Å². The van der Waals surface area contributed by atoms with E-state index in [0.29, 0.717) is 47.2 Å². The molecule has 3 aromatic rings. The molecule has 186 valence electrons. The minimum Gasteiger partial charge on any atom is -0.363 e. The van der Waals surface area contributed by atoms with E-state index < -0.39 is 10.0 Å². The Balaban J connectivity index is 1.73. The fourth-order valence-corrected chi connectivity index (χ4v) is 6.30. The van der Waals surface area contributed by atoms with Gasteiger partial charge < -0.3 is 4.90 Å². The van der Waals surface area contributed by atoms with Gasteiger partial charge in [0.05, 0.1) is 16.3 Å². The van der Waals surface area contributed by atoms with Crippen LogP contribution in [0.25, 0.3) is 5.69 Å². The molecule has 0 unspecified atom stereocenters. The molecule has 1 aliphatic heterocycles. The van der Waals surface area contributed by atoms with Crippen molar-refractivity contribution in [2.45, 2.75) is 39.1 Å². The Morgan fingerprint density at radius 2 is 1.46 bits per heavy atom. The van der Waals surface area contributed by atoms with Crippen molar-refractivity contribution < 1.29 is 8.42 Å².